The number of nitrogens with one attached hydrogen (secondary N) is 1. The van der Waals surface area contributed by atoms with Crippen LogP contribution >= 0.6 is 0 Å². The molecule has 0 fully saturated rings. The molecule has 0 saturated heterocycles. The molecule has 0 atom stereocenters. The Hall–Kier alpha value is -2.35. The summed E-state index contributed by atoms with van der Waals surface area (Å²) in [7, 11) is 0. The highest BCUT2D eigenvalue weighted by Gasteiger charge is 2.28. The Morgan fingerprint density at radius 3 is 2.44 bits per heavy atom. The zero-order valence-corrected chi connectivity index (χ0v) is 16.1. The van der Waals surface area contributed by atoms with Gasteiger partial charge in [0.15, 0.2) is 5.65 Å². The minimum absolute atomic E-state index is 0.166. The number of terminal acetylenes is 1. The fourth-order valence-corrected chi connectivity index (χ4v) is 2.85. The first kappa shape index (κ1) is 19.0. The average molecular weight is 340 g/mol. The summed E-state index contributed by atoms with van der Waals surface area (Å²) in [6, 6.07) is 2.03. The van der Waals surface area contributed by atoms with Crippen LogP contribution in [0, 0.1) is 12.3 Å². The highest BCUT2D eigenvalue weighted by atomic mass is 16.1. The summed E-state index contributed by atoms with van der Waals surface area (Å²) in [4.78, 5) is 17.8. The lowest BCUT2D eigenvalue weighted by molar-refractivity contribution is 0.0918. The lowest BCUT2D eigenvalue weighted by atomic mass is 9.93. The van der Waals surface area contributed by atoms with E-state index in [1.807, 2.05) is 38.4 Å². The molecule has 25 heavy (non-hydrogen) atoms. The second-order valence-electron chi connectivity index (χ2n) is 7.06. The number of hydrogen-bond acceptors (Lipinski definition) is 3. The SMILES string of the molecule is C#CC(CC)(CC)NC(=O)c1cc(C(C)C)nc2c1cnn2C(C)C. The largest absolute Gasteiger partial charge is 0.336 e. The average Bonchev–Trinajstić information content (AvgIpc) is 3.02. The van der Waals surface area contributed by atoms with Crippen LogP contribution < -0.4 is 5.32 Å². The molecular formula is C20H28N4O. The second kappa shape index (κ2) is 7.26. The van der Waals surface area contributed by atoms with Gasteiger partial charge in [-0.25, -0.2) is 9.67 Å². The minimum Gasteiger partial charge on any atom is -0.336 e. The maximum atomic E-state index is 13.0. The molecule has 0 aliphatic rings. The Kier molecular flexibility index (Phi) is 5.52. The van der Waals surface area contributed by atoms with Gasteiger partial charge in [-0.05, 0) is 38.7 Å². The van der Waals surface area contributed by atoms with E-state index in [9.17, 15) is 4.79 Å². The highest BCUT2D eigenvalue weighted by molar-refractivity contribution is 6.06. The van der Waals surface area contributed by atoms with Crippen molar-refractivity contribution < 1.29 is 4.79 Å². The van der Waals surface area contributed by atoms with Crippen molar-refractivity contribution in [3.63, 3.8) is 0 Å². The van der Waals surface area contributed by atoms with Gasteiger partial charge >= 0.3 is 0 Å². The van der Waals surface area contributed by atoms with Crippen molar-refractivity contribution in [1.82, 2.24) is 20.1 Å². The molecule has 0 saturated carbocycles. The summed E-state index contributed by atoms with van der Waals surface area (Å²) < 4.78 is 1.85. The van der Waals surface area contributed by atoms with Crippen molar-refractivity contribution in [1.29, 1.82) is 0 Å². The molecule has 0 bridgehead atoms. The Bertz CT molecular complexity index is 807. The number of aromatic nitrogens is 3. The number of nitrogens with zero attached hydrogens (tertiary/aromatic N) is 3. The van der Waals surface area contributed by atoms with Gasteiger partial charge in [0.1, 0.15) is 5.54 Å². The smallest absolute Gasteiger partial charge is 0.253 e. The normalized spacial score (nSPS) is 12.0. The van der Waals surface area contributed by atoms with Crippen LogP contribution in [-0.4, -0.2) is 26.2 Å². The minimum atomic E-state index is -0.626. The molecule has 5 heteroatoms. The van der Waals surface area contributed by atoms with Gasteiger partial charge in [0.2, 0.25) is 0 Å². The number of rotatable bonds is 6. The van der Waals surface area contributed by atoms with Crippen LogP contribution in [0.4, 0.5) is 0 Å². The Balaban J connectivity index is 2.60. The van der Waals surface area contributed by atoms with Crippen molar-refractivity contribution in [3.8, 4) is 12.3 Å². The summed E-state index contributed by atoms with van der Waals surface area (Å²) in [6.07, 6.45) is 8.78. The van der Waals surface area contributed by atoms with Crippen molar-refractivity contribution in [2.75, 3.05) is 0 Å². The maximum absolute atomic E-state index is 13.0. The number of amides is 1. The van der Waals surface area contributed by atoms with Crippen LogP contribution in [0.3, 0.4) is 0 Å². The topological polar surface area (TPSA) is 59.8 Å². The standard InChI is InChI=1S/C20H28N4O/c1-8-20(9-2,10-3)23-19(25)15-11-17(13(4)5)22-18-16(15)12-21-24(18)14(6)7/h1,11-14H,9-10H2,2-7H3,(H,23,25). The zero-order chi connectivity index (χ0) is 18.8. The van der Waals surface area contributed by atoms with Crippen LogP contribution in [0.2, 0.25) is 0 Å². The number of pyridine rings is 1. The van der Waals surface area contributed by atoms with Crippen molar-refractivity contribution in [3.05, 3.63) is 23.5 Å². The Morgan fingerprint density at radius 1 is 1.32 bits per heavy atom. The summed E-state index contributed by atoms with van der Waals surface area (Å²) in [5.41, 5.74) is 1.57. The van der Waals surface area contributed by atoms with E-state index in [0.29, 0.717) is 18.4 Å². The molecule has 2 rings (SSSR count). The third-order valence-electron chi connectivity index (χ3n) is 4.75. The predicted octanol–water partition coefficient (Wildman–Crippen LogP) is 4.06. The Labute approximate surface area is 150 Å². The second-order valence-corrected chi connectivity index (χ2v) is 7.06. The monoisotopic (exact) mass is 340 g/mol. The van der Waals surface area contributed by atoms with Gasteiger partial charge in [-0.2, -0.15) is 5.10 Å². The van der Waals surface area contributed by atoms with Crippen molar-refractivity contribution in [2.45, 2.75) is 71.9 Å². The number of fused-ring (bicyclic) bond motifs is 1. The first-order valence-electron chi connectivity index (χ1n) is 8.97. The van der Waals surface area contributed by atoms with Crippen LogP contribution in [0.25, 0.3) is 11.0 Å². The van der Waals surface area contributed by atoms with Crippen LogP contribution in [-0.2, 0) is 0 Å². The lowest BCUT2D eigenvalue weighted by Gasteiger charge is -2.27. The molecule has 5 nitrogen and oxygen atoms in total. The number of hydrogen-bond donors (Lipinski definition) is 1. The molecule has 0 aromatic carbocycles. The molecule has 0 aliphatic heterocycles. The van der Waals surface area contributed by atoms with E-state index >= 15 is 0 Å². The molecule has 0 unspecified atom stereocenters. The van der Waals surface area contributed by atoms with E-state index in [-0.39, 0.29) is 17.9 Å². The van der Waals surface area contributed by atoms with E-state index < -0.39 is 5.54 Å². The molecule has 0 spiro atoms. The van der Waals surface area contributed by atoms with Crippen LogP contribution in [0.1, 0.15) is 82.4 Å². The zero-order valence-electron chi connectivity index (χ0n) is 16.1. The van der Waals surface area contributed by atoms with Gasteiger partial charge in [0.05, 0.1) is 17.1 Å². The van der Waals surface area contributed by atoms with Gasteiger partial charge < -0.3 is 5.32 Å². The van der Waals surface area contributed by atoms with E-state index in [1.54, 1.807) is 6.20 Å². The highest BCUT2D eigenvalue weighted by Crippen LogP contribution is 2.25. The molecule has 2 heterocycles. The molecule has 0 radical (unpaired) electrons. The van der Waals surface area contributed by atoms with E-state index in [1.165, 1.54) is 0 Å². The van der Waals surface area contributed by atoms with Gasteiger partial charge in [-0.15, -0.1) is 6.42 Å². The summed E-state index contributed by atoms with van der Waals surface area (Å²) in [5.74, 6) is 2.80. The van der Waals surface area contributed by atoms with Gasteiger partial charge in [-0.3, -0.25) is 4.79 Å². The molecule has 1 amide bonds. The fourth-order valence-electron chi connectivity index (χ4n) is 2.85. The van der Waals surface area contributed by atoms with Crippen LogP contribution in [0.15, 0.2) is 12.3 Å². The third-order valence-corrected chi connectivity index (χ3v) is 4.75. The predicted molar refractivity (Wildman–Crippen MR) is 102 cm³/mol. The van der Waals surface area contributed by atoms with Crippen LogP contribution in [0.5, 0.6) is 0 Å². The Morgan fingerprint density at radius 2 is 1.96 bits per heavy atom. The molecule has 2 aromatic heterocycles. The summed E-state index contributed by atoms with van der Waals surface area (Å²) in [5, 5.41) is 8.24. The molecular weight excluding hydrogens is 312 g/mol. The van der Waals surface area contributed by atoms with E-state index in [0.717, 1.165) is 16.7 Å². The van der Waals surface area contributed by atoms with Gasteiger partial charge in [-0.1, -0.05) is 33.6 Å². The van der Waals surface area contributed by atoms with E-state index in [2.05, 4.69) is 30.2 Å². The maximum Gasteiger partial charge on any atom is 0.253 e. The number of carbonyl (C=O) groups excluding carboxylic acids is 1. The van der Waals surface area contributed by atoms with E-state index in [4.69, 9.17) is 11.4 Å². The molecule has 134 valence electrons. The summed E-state index contributed by atoms with van der Waals surface area (Å²) >= 11 is 0. The van der Waals surface area contributed by atoms with Crippen molar-refractivity contribution in [2.24, 2.45) is 0 Å². The van der Waals surface area contributed by atoms with Crippen molar-refractivity contribution >= 4 is 16.9 Å². The molecule has 1 N–H and O–H groups in total. The van der Waals surface area contributed by atoms with Gasteiger partial charge in [0, 0.05) is 11.7 Å². The van der Waals surface area contributed by atoms with Gasteiger partial charge in [0.25, 0.3) is 5.91 Å². The first-order chi connectivity index (χ1) is 11.8. The fraction of sp³-hybridized carbons (Fsp3) is 0.550. The lowest BCUT2D eigenvalue weighted by Crippen LogP contribution is -2.46. The summed E-state index contributed by atoms with van der Waals surface area (Å²) in [6.45, 7) is 12.2. The molecule has 2 aromatic rings. The third kappa shape index (κ3) is 3.53. The quantitative estimate of drug-likeness (QED) is 0.807. The molecule has 0 aliphatic carbocycles. The first-order valence-corrected chi connectivity index (χ1v) is 8.97. The number of carbonyl (C=O) groups is 1.